The molecule has 0 saturated carbocycles. The molecule has 0 saturated heterocycles. The molecule has 0 fully saturated rings. The molecular weight excluding hydrogens is 324 g/mol. The maximum absolute atomic E-state index is 12.7. The van der Waals surface area contributed by atoms with E-state index in [-0.39, 0.29) is 17.7 Å². The molecule has 2 aromatic rings. The summed E-state index contributed by atoms with van der Waals surface area (Å²) in [5.74, 6) is -0.0913. The van der Waals surface area contributed by atoms with E-state index in [1.54, 1.807) is 11.0 Å². The van der Waals surface area contributed by atoms with Gasteiger partial charge >= 0.3 is 0 Å². The Hall–Kier alpha value is -2.88. The third-order valence-electron chi connectivity index (χ3n) is 4.74. The summed E-state index contributed by atoms with van der Waals surface area (Å²) >= 11 is 0. The van der Waals surface area contributed by atoms with Crippen molar-refractivity contribution in [1.82, 2.24) is 4.90 Å². The smallest absolute Gasteiger partial charge is 0.227 e. The molecular formula is C22H24N2O2. The number of carbonyl (C=O) groups is 2. The number of benzene rings is 2. The second-order valence-electron chi connectivity index (χ2n) is 6.63. The first-order chi connectivity index (χ1) is 12.7. The molecule has 1 aliphatic heterocycles. The van der Waals surface area contributed by atoms with Crippen LogP contribution < -0.4 is 5.32 Å². The first kappa shape index (κ1) is 17.9. The van der Waals surface area contributed by atoms with Crippen molar-refractivity contribution >= 4 is 17.5 Å². The summed E-state index contributed by atoms with van der Waals surface area (Å²) in [5, 5.41) is 2.95. The van der Waals surface area contributed by atoms with E-state index in [4.69, 9.17) is 0 Å². The van der Waals surface area contributed by atoms with E-state index in [0.29, 0.717) is 32.4 Å². The lowest BCUT2D eigenvalue weighted by molar-refractivity contribution is -0.131. The van der Waals surface area contributed by atoms with Crippen molar-refractivity contribution in [1.29, 1.82) is 0 Å². The summed E-state index contributed by atoms with van der Waals surface area (Å²) in [5.41, 5.74) is 3.11. The minimum absolute atomic E-state index is 0.00910. The fraction of sp³-hybridized carbons (Fsp3) is 0.273. The van der Waals surface area contributed by atoms with Crippen LogP contribution in [-0.4, -0.2) is 23.3 Å². The van der Waals surface area contributed by atoms with Crippen LogP contribution in [0.4, 0.5) is 5.69 Å². The topological polar surface area (TPSA) is 49.4 Å². The molecule has 4 heteroatoms. The van der Waals surface area contributed by atoms with E-state index in [1.165, 1.54) is 0 Å². The number of nitrogens with zero attached hydrogens (tertiary/aromatic N) is 1. The van der Waals surface area contributed by atoms with Gasteiger partial charge in [0.15, 0.2) is 0 Å². The zero-order valence-electron chi connectivity index (χ0n) is 14.9. The molecule has 2 aromatic carbocycles. The molecule has 26 heavy (non-hydrogen) atoms. The fourth-order valence-corrected chi connectivity index (χ4v) is 3.32. The zero-order chi connectivity index (χ0) is 18.4. The third kappa shape index (κ3) is 4.39. The van der Waals surface area contributed by atoms with Gasteiger partial charge in [0.05, 0.1) is 0 Å². The number of amides is 2. The molecule has 134 valence electrons. The minimum atomic E-state index is -0.156. The van der Waals surface area contributed by atoms with Crippen LogP contribution in [0.1, 0.15) is 24.0 Å². The van der Waals surface area contributed by atoms with Gasteiger partial charge < -0.3 is 10.2 Å². The fourth-order valence-electron chi connectivity index (χ4n) is 3.32. The Balaban J connectivity index is 1.59. The lowest BCUT2D eigenvalue weighted by atomic mass is 9.89. The Morgan fingerprint density at radius 1 is 1.15 bits per heavy atom. The molecule has 1 N–H and O–H groups in total. The van der Waals surface area contributed by atoms with Gasteiger partial charge in [-0.3, -0.25) is 9.59 Å². The number of para-hydroxylation sites is 1. The van der Waals surface area contributed by atoms with Gasteiger partial charge in [-0.2, -0.15) is 0 Å². The van der Waals surface area contributed by atoms with Crippen molar-refractivity contribution in [3.05, 3.63) is 78.4 Å². The van der Waals surface area contributed by atoms with E-state index in [9.17, 15) is 9.59 Å². The largest absolute Gasteiger partial charge is 0.335 e. The van der Waals surface area contributed by atoms with Crippen molar-refractivity contribution in [2.24, 2.45) is 5.92 Å². The average molecular weight is 348 g/mol. The first-order valence-electron chi connectivity index (χ1n) is 8.98. The molecule has 0 aliphatic carbocycles. The molecule has 2 amide bonds. The highest BCUT2D eigenvalue weighted by Gasteiger charge is 2.27. The van der Waals surface area contributed by atoms with Crippen LogP contribution >= 0.6 is 0 Å². The SMILES string of the molecule is C=CCN(Cc1ccccc1)C(=O)CC[C@@H]1Cc2ccccc2NC1=O. The summed E-state index contributed by atoms with van der Waals surface area (Å²) in [6.07, 6.45) is 3.35. The molecule has 0 radical (unpaired) electrons. The van der Waals surface area contributed by atoms with Gasteiger partial charge in [-0.05, 0) is 30.0 Å². The van der Waals surface area contributed by atoms with Crippen LogP contribution in [0.2, 0.25) is 0 Å². The highest BCUT2D eigenvalue weighted by molar-refractivity contribution is 5.96. The van der Waals surface area contributed by atoms with Crippen LogP contribution in [-0.2, 0) is 22.6 Å². The van der Waals surface area contributed by atoms with E-state index in [2.05, 4.69) is 11.9 Å². The zero-order valence-corrected chi connectivity index (χ0v) is 14.9. The van der Waals surface area contributed by atoms with E-state index >= 15 is 0 Å². The standard InChI is InChI=1S/C22H24N2O2/c1-2-14-24(16-17-8-4-3-5-9-17)21(25)13-12-19-15-18-10-6-7-11-20(18)23-22(19)26/h2-11,19H,1,12-16H2,(H,23,26)/t19-/m1/s1. The molecule has 3 rings (SSSR count). The van der Waals surface area contributed by atoms with Crippen molar-refractivity contribution in [3.63, 3.8) is 0 Å². The van der Waals surface area contributed by atoms with Crippen LogP contribution in [0.3, 0.4) is 0 Å². The Morgan fingerprint density at radius 3 is 2.65 bits per heavy atom. The number of carbonyl (C=O) groups excluding carboxylic acids is 2. The first-order valence-corrected chi connectivity index (χ1v) is 8.98. The Labute approximate surface area is 154 Å². The molecule has 1 heterocycles. The van der Waals surface area contributed by atoms with Crippen molar-refractivity contribution in [2.45, 2.75) is 25.8 Å². The van der Waals surface area contributed by atoms with E-state index in [1.807, 2.05) is 54.6 Å². The van der Waals surface area contributed by atoms with Crippen LogP contribution in [0.15, 0.2) is 67.3 Å². The maximum Gasteiger partial charge on any atom is 0.227 e. The lowest BCUT2D eigenvalue weighted by Crippen LogP contribution is -2.34. The predicted molar refractivity (Wildman–Crippen MR) is 104 cm³/mol. The third-order valence-corrected chi connectivity index (χ3v) is 4.74. The number of rotatable bonds is 7. The van der Waals surface area contributed by atoms with Crippen LogP contribution in [0, 0.1) is 5.92 Å². The van der Waals surface area contributed by atoms with Gasteiger partial charge in [0.25, 0.3) is 0 Å². The number of hydrogen-bond acceptors (Lipinski definition) is 2. The second-order valence-corrected chi connectivity index (χ2v) is 6.63. The number of hydrogen-bond donors (Lipinski definition) is 1. The van der Waals surface area contributed by atoms with E-state index in [0.717, 1.165) is 16.8 Å². The molecule has 0 spiro atoms. The molecule has 0 bridgehead atoms. The molecule has 0 unspecified atom stereocenters. The average Bonchev–Trinajstić information content (AvgIpc) is 2.66. The summed E-state index contributed by atoms with van der Waals surface area (Å²) in [6.45, 7) is 4.82. The van der Waals surface area contributed by atoms with Crippen LogP contribution in [0.25, 0.3) is 0 Å². The lowest BCUT2D eigenvalue weighted by Gasteiger charge is -2.26. The van der Waals surface area contributed by atoms with Crippen molar-refractivity contribution < 1.29 is 9.59 Å². The number of anilines is 1. The predicted octanol–water partition coefficient (Wildman–Crippen LogP) is 3.79. The molecule has 1 atom stereocenters. The number of nitrogens with one attached hydrogen (secondary N) is 1. The van der Waals surface area contributed by atoms with Crippen molar-refractivity contribution in [3.8, 4) is 0 Å². The van der Waals surface area contributed by atoms with Gasteiger partial charge in [-0.15, -0.1) is 6.58 Å². The van der Waals surface area contributed by atoms with E-state index < -0.39 is 0 Å². The van der Waals surface area contributed by atoms with Gasteiger partial charge in [0.2, 0.25) is 11.8 Å². The molecule has 0 aromatic heterocycles. The second kappa shape index (κ2) is 8.48. The minimum Gasteiger partial charge on any atom is -0.335 e. The Bertz CT molecular complexity index is 786. The summed E-state index contributed by atoms with van der Waals surface area (Å²) in [6, 6.07) is 17.8. The van der Waals surface area contributed by atoms with Gasteiger partial charge in [0, 0.05) is 31.1 Å². The Kier molecular flexibility index (Phi) is 5.84. The van der Waals surface area contributed by atoms with Gasteiger partial charge in [-0.25, -0.2) is 0 Å². The van der Waals surface area contributed by atoms with Gasteiger partial charge in [-0.1, -0.05) is 54.6 Å². The monoisotopic (exact) mass is 348 g/mol. The van der Waals surface area contributed by atoms with Gasteiger partial charge in [0.1, 0.15) is 0 Å². The highest BCUT2D eigenvalue weighted by Crippen LogP contribution is 2.27. The number of fused-ring (bicyclic) bond motifs is 1. The summed E-state index contributed by atoms with van der Waals surface area (Å²) in [7, 11) is 0. The summed E-state index contributed by atoms with van der Waals surface area (Å²) < 4.78 is 0. The highest BCUT2D eigenvalue weighted by atomic mass is 16.2. The van der Waals surface area contributed by atoms with Crippen LogP contribution in [0.5, 0.6) is 0 Å². The quantitative estimate of drug-likeness (QED) is 0.774. The van der Waals surface area contributed by atoms with Crippen molar-refractivity contribution in [2.75, 3.05) is 11.9 Å². The molecule has 4 nitrogen and oxygen atoms in total. The normalized spacial score (nSPS) is 15.7. The Morgan fingerprint density at radius 2 is 1.88 bits per heavy atom. The summed E-state index contributed by atoms with van der Waals surface area (Å²) in [4.78, 5) is 26.8. The molecule has 1 aliphatic rings. The maximum atomic E-state index is 12.7.